The monoisotopic (exact) mass is 208 g/mol. The molecular weight excluding hydrogens is 192 g/mol. The van der Waals surface area contributed by atoms with Crippen LogP contribution in [0.1, 0.15) is 33.1 Å². The summed E-state index contributed by atoms with van der Waals surface area (Å²) in [5.74, 6) is -0.353. The lowest BCUT2D eigenvalue weighted by Crippen LogP contribution is -2.10. The van der Waals surface area contributed by atoms with Crippen molar-refractivity contribution >= 4 is 23.9 Å². The molecule has 13 heavy (non-hydrogen) atoms. The van der Waals surface area contributed by atoms with Crippen LogP contribution < -0.4 is 0 Å². The van der Waals surface area contributed by atoms with E-state index in [2.05, 4.69) is 0 Å². The van der Waals surface area contributed by atoms with E-state index < -0.39 is 5.97 Å². The van der Waals surface area contributed by atoms with Gasteiger partial charge in [0.25, 0.3) is 0 Å². The fourth-order valence-electron chi connectivity index (χ4n) is 0.682. The molecule has 0 aromatic rings. The molecule has 4 heteroatoms. The first-order chi connectivity index (χ1) is 6.13. The molecule has 0 bridgehead atoms. The topological polar surface area (TPSA) is 54.4 Å². The summed E-state index contributed by atoms with van der Waals surface area (Å²) < 4.78 is 0. The number of carbonyl (C=O) groups excluding carboxylic acids is 1. The third-order valence-corrected chi connectivity index (χ3v) is 1.78. The Morgan fingerprint density at radius 3 is 1.92 bits per heavy atom. The number of carbonyl (C=O) groups is 2. The summed E-state index contributed by atoms with van der Waals surface area (Å²) in [6.07, 6.45) is 2.76. The molecule has 0 radical (unpaired) electrons. The van der Waals surface area contributed by atoms with Gasteiger partial charge in [0.1, 0.15) is 6.29 Å². The summed E-state index contributed by atoms with van der Waals surface area (Å²) in [6.45, 7) is 3.78. The SMILES string of the molecule is CCC(CC)C(=O)O.O=CCCCl. The zero-order valence-electron chi connectivity index (χ0n) is 8.12. The lowest BCUT2D eigenvalue weighted by molar-refractivity contribution is -0.141. The lowest BCUT2D eigenvalue weighted by Gasteiger charge is -2.02. The Labute approximate surface area is 84.1 Å². The number of aldehydes is 1. The average molecular weight is 209 g/mol. The Bertz CT molecular complexity index is 133. The van der Waals surface area contributed by atoms with E-state index in [4.69, 9.17) is 16.7 Å². The van der Waals surface area contributed by atoms with Crippen molar-refractivity contribution in [2.75, 3.05) is 5.88 Å². The minimum atomic E-state index is -0.671. The van der Waals surface area contributed by atoms with E-state index in [9.17, 15) is 9.59 Å². The van der Waals surface area contributed by atoms with Crippen LogP contribution in [0.3, 0.4) is 0 Å². The highest BCUT2D eigenvalue weighted by Crippen LogP contribution is 2.05. The first-order valence-electron chi connectivity index (χ1n) is 4.36. The van der Waals surface area contributed by atoms with Crippen LogP contribution in [0.4, 0.5) is 0 Å². The van der Waals surface area contributed by atoms with E-state index >= 15 is 0 Å². The van der Waals surface area contributed by atoms with Gasteiger partial charge in [-0.1, -0.05) is 13.8 Å². The molecule has 0 aliphatic heterocycles. The highest BCUT2D eigenvalue weighted by Gasteiger charge is 2.10. The summed E-state index contributed by atoms with van der Waals surface area (Å²) in [5, 5.41) is 8.37. The quantitative estimate of drug-likeness (QED) is 0.557. The third-order valence-electron chi connectivity index (χ3n) is 1.56. The molecule has 0 unspecified atom stereocenters. The Hall–Kier alpha value is -0.570. The molecule has 0 aromatic carbocycles. The van der Waals surface area contributed by atoms with Gasteiger partial charge in [-0.25, -0.2) is 0 Å². The van der Waals surface area contributed by atoms with E-state index in [1.807, 2.05) is 13.8 Å². The van der Waals surface area contributed by atoms with E-state index in [-0.39, 0.29) is 5.92 Å². The van der Waals surface area contributed by atoms with Gasteiger partial charge < -0.3 is 9.90 Å². The number of alkyl halides is 1. The molecule has 0 saturated carbocycles. The van der Waals surface area contributed by atoms with Gasteiger partial charge in [0.15, 0.2) is 0 Å². The predicted octanol–water partition coefficient (Wildman–Crippen LogP) is 2.32. The molecular formula is C9H17ClO3. The van der Waals surface area contributed by atoms with Crippen molar-refractivity contribution in [1.29, 1.82) is 0 Å². The van der Waals surface area contributed by atoms with Gasteiger partial charge in [0.2, 0.25) is 0 Å². The number of carboxylic acids is 1. The molecule has 0 fully saturated rings. The fourth-order valence-corrected chi connectivity index (χ4v) is 0.772. The Kier molecular flexibility index (Phi) is 13.1. The van der Waals surface area contributed by atoms with Crippen molar-refractivity contribution in [2.24, 2.45) is 5.92 Å². The maximum atomic E-state index is 10.2. The molecule has 0 atom stereocenters. The zero-order valence-corrected chi connectivity index (χ0v) is 8.88. The Morgan fingerprint density at radius 1 is 1.46 bits per heavy atom. The molecule has 0 spiro atoms. The minimum Gasteiger partial charge on any atom is -0.481 e. The zero-order chi connectivity index (χ0) is 10.7. The van der Waals surface area contributed by atoms with Crippen LogP contribution >= 0.6 is 11.6 Å². The summed E-state index contributed by atoms with van der Waals surface area (Å²) in [6, 6.07) is 0. The Balaban J connectivity index is 0. The maximum absolute atomic E-state index is 10.2. The summed E-state index contributed by atoms with van der Waals surface area (Å²) in [7, 11) is 0. The van der Waals surface area contributed by atoms with E-state index in [0.29, 0.717) is 12.3 Å². The van der Waals surface area contributed by atoms with Gasteiger partial charge in [-0.15, -0.1) is 11.6 Å². The van der Waals surface area contributed by atoms with Gasteiger partial charge in [0.05, 0.1) is 5.92 Å². The van der Waals surface area contributed by atoms with Crippen LogP contribution in [0.2, 0.25) is 0 Å². The van der Waals surface area contributed by atoms with Gasteiger partial charge >= 0.3 is 5.97 Å². The first kappa shape index (κ1) is 14.9. The average Bonchev–Trinajstić information content (AvgIpc) is 2.08. The van der Waals surface area contributed by atoms with Gasteiger partial charge in [-0.05, 0) is 12.8 Å². The van der Waals surface area contributed by atoms with Crippen molar-refractivity contribution in [3.63, 3.8) is 0 Å². The molecule has 78 valence electrons. The number of aliphatic carboxylic acids is 1. The van der Waals surface area contributed by atoms with Crippen LogP contribution in [0.15, 0.2) is 0 Å². The maximum Gasteiger partial charge on any atom is 0.306 e. The molecule has 0 amide bonds. The molecule has 0 rings (SSSR count). The molecule has 1 N–H and O–H groups in total. The summed E-state index contributed by atoms with van der Waals surface area (Å²) in [4.78, 5) is 19.5. The predicted molar refractivity (Wildman–Crippen MR) is 53.1 cm³/mol. The number of hydrogen-bond acceptors (Lipinski definition) is 2. The second-order valence-electron chi connectivity index (χ2n) is 2.50. The van der Waals surface area contributed by atoms with Crippen LogP contribution in [0.25, 0.3) is 0 Å². The normalized spacial score (nSPS) is 8.92. The van der Waals surface area contributed by atoms with E-state index in [0.717, 1.165) is 19.1 Å². The van der Waals surface area contributed by atoms with Crippen LogP contribution in [0, 0.1) is 5.92 Å². The molecule has 3 nitrogen and oxygen atoms in total. The molecule has 0 saturated heterocycles. The van der Waals surface area contributed by atoms with E-state index in [1.165, 1.54) is 0 Å². The number of rotatable bonds is 5. The fraction of sp³-hybridized carbons (Fsp3) is 0.778. The molecule has 0 aromatic heterocycles. The van der Waals surface area contributed by atoms with E-state index in [1.54, 1.807) is 0 Å². The summed E-state index contributed by atoms with van der Waals surface area (Å²) in [5.41, 5.74) is 0. The van der Waals surface area contributed by atoms with Crippen LogP contribution in [0.5, 0.6) is 0 Å². The highest BCUT2D eigenvalue weighted by atomic mass is 35.5. The van der Waals surface area contributed by atoms with Crippen molar-refractivity contribution in [2.45, 2.75) is 33.1 Å². The van der Waals surface area contributed by atoms with Gasteiger partial charge in [0, 0.05) is 12.3 Å². The van der Waals surface area contributed by atoms with Gasteiger partial charge in [-0.3, -0.25) is 4.79 Å². The second kappa shape index (κ2) is 11.4. The lowest BCUT2D eigenvalue weighted by atomic mass is 10.1. The Morgan fingerprint density at radius 2 is 1.92 bits per heavy atom. The molecule has 0 heterocycles. The minimum absolute atomic E-state index is 0.130. The molecule has 0 aliphatic carbocycles. The first-order valence-corrected chi connectivity index (χ1v) is 4.89. The van der Waals surface area contributed by atoms with Crippen molar-refractivity contribution in [1.82, 2.24) is 0 Å². The van der Waals surface area contributed by atoms with Crippen molar-refractivity contribution < 1.29 is 14.7 Å². The highest BCUT2D eigenvalue weighted by molar-refractivity contribution is 6.18. The van der Waals surface area contributed by atoms with Crippen LogP contribution in [-0.4, -0.2) is 23.2 Å². The largest absolute Gasteiger partial charge is 0.481 e. The van der Waals surface area contributed by atoms with Crippen molar-refractivity contribution in [3.8, 4) is 0 Å². The van der Waals surface area contributed by atoms with Crippen molar-refractivity contribution in [3.05, 3.63) is 0 Å². The molecule has 0 aliphatic rings. The number of halogens is 1. The third kappa shape index (κ3) is 11.4. The van der Waals surface area contributed by atoms with Crippen LogP contribution in [-0.2, 0) is 9.59 Å². The smallest absolute Gasteiger partial charge is 0.306 e. The summed E-state index contributed by atoms with van der Waals surface area (Å²) >= 11 is 5.07. The van der Waals surface area contributed by atoms with Gasteiger partial charge in [-0.2, -0.15) is 0 Å². The second-order valence-corrected chi connectivity index (χ2v) is 2.87. The number of hydrogen-bond donors (Lipinski definition) is 1. The number of carboxylic acid groups (broad SMARTS) is 1. The standard InChI is InChI=1S/C6H12O2.C3H5ClO/c1-3-5(4-2)6(7)8;4-2-1-3-5/h5H,3-4H2,1-2H3,(H,7,8);3H,1-2H2.